The van der Waals surface area contributed by atoms with Crippen LogP contribution in [0.3, 0.4) is 0 Å². The molecule has 1 saturated carbocycles. The van der Waals surface area contributed by atoms with Crippen molar-refractivity contribution in [1.82, 2.24) is 19.9 Å². The van der Waals surface area contributed by atoms with E-state index >= 15 is 0 Å². The summed E-state index contributed by atoms with van der Waals surface area (Å²) in [6.45, 7) is 5.95. The van der Waals surface area contributed by atoms with E-state index < -0.39 is 11.9 Å². The molecule has 176 valence electrons. The molecule has 1 aliphatic carbocycles. The third-order valence-corrected chi connectivity index (χ3v) is 6.09. The molecule has 0 aliphatic heterocycles. The zero-order valence-electron chi connectivity index (χ0n) is 18.3. The molecule has 33 heavy (non-hydrogen) atoms. The van der Waals surface area contributed by atoms with E-state index in [9.17, 15) is 18.3 Å². The second-order valence-corrected chi connectivity index (χ2v) is 8.37. The minimum Gasteiger partial charge on any atom is -0.394 e. The van der Waals surface area contributed by atoms with Crippen LogP contribution in [-0.2, 0) is 0 Å². The number of aromatic amines is 1. The van der Waals surface area contributed by atoms with Crippen LogP contribution in [0.15, 0.2) is 31.2 Å². The fourth-order valence-corrected chi connectivity index (χ4v) is 4.06. The Morgan fingerprint density at radius 2 is 2.03 bits per heavy atom. The van der Waals surface area contributed by atoms with Gasteiger partial charge in [0.05, 0.1) is 18.0 Å². The molecule has 0 saturated heterocycles. The van der Waals surface area contributed by atoms with Gasteiger partial charge in [-0.1, -0.05) is 13.5 Å². The number of aliphatic hydroxyl groups excluding tert-OH is 1. The Kier molecular flexibility index (Phi) is 6.55. The monoisotopic (exact) mass is 460 g/mol. The van der Waals surface area contributed by atoms with Crippen molar-refractivity contribution in [3.8, 4) is 0 Å². The molecular weight excluding hydrogens is 433 g/mol. The maximum atomic E-state index is 15.0. The molecular formula is C23H27F3N6O. The molecule has 7 nitrogen and oxygen atoms in total. The van der Waals surface area contributed by atoms with Gasteiger partial charge in [0, 0.05) is 36.2 Å². The summed E-state index contributed by atoms with van der Waals surface area (Å²) in [7, 11) is 0. The summed E-state index contributed by atoms with van der Waals surface area (Å²) < 4.78 is 41.7. The maximum Gasteiger partial charge on any atom is 0.248 e. The van der Waals surface area contributed by atoms with E-state index in [-0.39, 0.29) is 37.1 Å². The first-order valence-corrected chi connectivity index (χ1v) is 11.0. The number of fused-ring (bicyclic) bond motifs is 1. The van der Waals surface area contributed by atoms with Crippen LogP contribution in [0.5, 0.6) is 0 Å². The van der Waals surface area contributed by atoms with Gasteiger partial charge in [0.25, 0.3) is 0 Å². The number of alkyl halides is 2. The molecule has 3 aromatic heterocycles. The van der Waals surface area contributed by atoms with Gasteiger partial charge in [-0.3, -0.25) is 0 Å². The van der Waals surface area contributed by atoms with E-state index in [1.54, 1.807) is 18.3 Å². The van der Waals surface area contributed by atoms with Crippen molar-refractivity contribution in [3.63, 3.8) is 0 Å². The van der Waals surface area contributed by atoms with Crippen molar-refractivity contribution < 1.29 is 18.3 Å². The van der Waals surface area contributed by atoms with E-state index in [0.29, 0.717) is 53.1 Å². The first-order chi connectivity index (χ1) is 15.8. The summed E-state index contributed by atoms with van der Waals surface area (Å²) in [5.41, 5.74) is 1.76. The minimum atomic E-state index is -2.62. The van der Waals surface area contributed by atoms with Gasteiger partial charge in [0.2, 0.25) is 11.9 Å². The van der Waals surface area contributed by atoms with Crippen LogP contribution in [0.4, 0.5) is 24.8 Å². The highest BCUT2D eigenvalue weighted by atomic mass is 19.3. The van der Waals surface area contributed by atoms with E-state index in [1.165, 1.54) is 6.33 Å². The van der Waals surface area contributed by atoms with Crippen molar-refractivity contribution in [2.75, 3.05) is 17.2 Å². The Bertz CT molecular complexity index is 1130. The number of aliphatic hydroxyl groups is 1. The summed E-state index contributed by atoms with van der Waals surface area (Å²) in [5.74, 6) is -2.52. The number of hydrogen-bond donors (Lipinski definition) is 4. The standard InChI is InChI=1S/C23H27F3N6O/c1-3-14(11-33)31-22-19-17(10-27-21(19)28-12-29-22)13(2)16-4-5-18(32-20(16)24)30-15-6-8-23(25,26)9-7-15/h4-5,10,12,14-15,33H,2-3,6-9,11H2,1H3,(H,30,32)(H2,27,28,29,31). The Morgan fingerprint density at radius 1 is 1.27 bits per heavy atom. The number of halogens is 3. The Morgan fingerprint density at radius 3 is 2.70 bits per heavy atom. The first-order valence-electron chi connectivity index (χ1n) is 11.0. The quantitative estimate of drug-likeness (QED) is 0.363. The van der Waals surface area contributed by atoms with Crippen LogP contribution in [0.2, 0.25) is 0 Å². The molecule has 10 heteroatoms. The number of H-pyrrole nitrogens is 1. The zero-order valence-corrected chi connectivity index (χ0v) is 18.3. The fourth-order valence-electron chi connectivity index (χ4n) is 4.06. The molecule has 1 fully saturated rings. The van der Waals surface area contributed by atoms with Gasteiger partial charge < -0.3 is 20.7 Å². The van der Waals surface area contributed by atoms with Crippen LogP contribution in [0, 0.1) is 5.95 Å². The van der Waals surface area contributed by atoms with E-state index in [4.69, 9.17) is 0 Å². The third kappa shape index (κ3) is 4.95. The van der Waals surface area contributed by atoms with Gasteiger partial charge in [-0.2, -0.15) is 4.39 Å². The number of hydrogen-bond acceptors (Lipinski definition) is 6. The van der Waals surface area contributed by atoms with Crippen molar-refractivity contribution in [1.29, 1.82) is 0 Å². The molecule has 4 N–H and O–H groups in total. The lowest BCUT2D eigenvalue weighted by molar-refractivity contribution is -0.0361. The molecule has 0 bridgehead atoms. The van der Waals surface area contributed by atoms with Crippen LogP contribution < -0.4 is 10.6 Å². The smallest absolute Gasteiger partial charge is 0.248 e. The van der Waals surface area contributed by atoms with Gasteiger partial charge in [-0.05, 0) is 37.0 Å². The number of anilines is 2. The average Bonchev–Trinajstić information content (AvgIpc) is 3.23. The summed E-state index contributed by atoms with van der Waals surface area (Å²) in [6, 6.07) is 2.84. The van der Waals surface area contributed by atoms with Gasteiger partial charge in [-0.25, -0.2) is 23.7 Å². The van der Waals surface area contributed by atoms with Gasteiger partial charge in [0.1, 0.15) is 23.6 Å². The molecule has 1 aliphatic rings. The molecule has 0 spiro atoms. The highest BCUT2D eigenvalue weighted by Gasteiger charge is 2.35. The molecule has 3 aromatic rings. The maximum absolute atomic E-state index is 15.0. The number of rotatable bonds is 8. The van der Waals surface area contributed by atoms with Crippen molar-refractivity contribution >= 4 is 28.2 Å². The molecule has 1 unspecified atom stereocenters. The summed E-state index contributed by atoms with van der Waals surface area (Å²) in [5, 5.41) is 16.4. The molecule has 4 rings (SSSR count). The normalized spacial score (nSPS) is 17.1. The first kappa shape index (κ1) is 23.0. The number of pyridine rings is 1. The molecule has 1 atom stereocenters. The zero-order chi connectivity index (χ0) is 23.6. The van der Waals surface area contributed by atoms with Gasteiger partial charge >= 0.3 is 0 Å². The fraction of sp³-hybridized carbons (Fsp3) is 0.435. The predicted octanol–water partition coefficient (Wildman–Crippen LogP) is 4.73. The number of nitrogens with one attached hydrogen (secondary N) is 3. The van der Waals surface area contributed by atoms with Crippen molar-refractivity contribution in [2.24, 2.45) is 0 Å². The highest BCUT2D eigenvalue weighted by molar-refractivity contribution is 6.00. The minimum absolute atomic E-state index is 0.0612. The Labute approximate surface area is 189 Å². The van der Waals surface area contributed by atoms with E-state index in [0.717, 1.165) is 0 Å². The number of nitrogens with zero attached hydrogens (tertiary/aromatic N) is 3. The third-order valence-electron chi connectivity index (χ3n) is 6.09. The Balaban J connectivity index is 1.57. The summed E-state index contributed by atoms with van der Waals surface area (Å²) in [6.07, 6.45) is 4.02. The molecule has 0 radical (unpaired) electrons. The lowest BCUT2D eigenvalue weighted by atomic mass is 9.92. The average molecular weight is 461 g/mol. The molecule has 0 amide bonds. The lowest BCUT2D eigenvalue weighted by Gasteiger charge is -2.29. The topological polar surface area (TPSA) is 98.8 Å². The van der Waals surface area contributed by atoms with Crippen LogP contribution in [0.1, 0.15) is 50.2 Å². The lowest BCUT2D eigenvalue weighted by Crippen LogP contribution is -2.32. The molecule has 3 heterocycles. The highest BCUT2D eigenvalue weighted by Crippen LogP contribution is 2.35. The summed E-state index contributed by atoms with van der Waals surface area (Å²) in [4.78, 5) is 15.6. The van der Waals surface area contributed by atoms with Crippen LogP contribution in [0.25, 0.3) is 16.6 Å². The number of aromatic nitrogens is 4. The SMILES string of the molecule is C=C(c1ccc(NC2CCC(F)(F)CC2)nc1F)c1c[nH]c2ncnc(NC(CC)CO)c12. The van der Waals surface area contributed by atoms with E-state index in [1.807, 2.05) is 6.92 Å². The predicted molar refractivity (Wildman–Crippen MR) is 122 cm³/mol. The van der Waals surface area contributed by atoms with Crippen LogP contribution >= 0.6 is 0 Å². The van der Waals surface area contributed by atoms with Gasteiger partial charge in [-0.15, -0.1) is 0 Å². The Hall–Kier alpha value is -3.14. The second-order valence-electron chi connectivity index (χ2n) is 8.37. The largest absolute Gasteiger partial charge is 0.394 e. The van der Waals surface area contributed by atoms with Gasteiger partial charge in [0.15, 0.2) is 0 Å². The second kappa shape index (κ2) is 9.38. The van der Waals surface area contributed by atoms with Crippen molar-refractivity contribution in [3.05, 3.63) is 48.3 Å². The summed E-state index contributed by atoms with van der Waals surface area (Å²) >= 11 is 0. The van der Waals surface area contributed by atoms with Crippen LogP contribution in [-0.4, -0.2) is 49.7 Å². The van der Waals surface area contributed by atoms with E-state index in [2.05, 4.69) is 37.1 Å². The molecule has 0 aromatic carbocycles. The van der Waals surface area contributed by atoms with Crippen molar-refractivity contribution in [2.45, 2.75) is 57.0 Å².